The number of nitrogens with zero attached hydrogens (tertiary/aromatic N) is 4. The van der Waals surface area contributed by atoms with Crippen LogP contribution in [0.5, 0.6) is 0 Å². The highest BCUT2D eigenvalue weighted by Gasteiger charge is 2.48. The number of nitrogens with one attached hydrogen (secondary N) is 3. The van der Waals surface area contributed by atoms with E-state index in [9.17, 15) is 26.8 Å². The van der Waals surface area contributed by atoms with E-state index in [1.165, 1.54) is 11.3 Å². The predicted molar refractivity (Wildman–Crippen MR) is 167 cm³/mol. The van der Waals surface area contributed by atoms with Gasteiger partial charge >= 0.3 is 0 Å². The van der Waals surface area contributed by atoms with Gasteiger partial charge in [-0.3, -0.25) is 14.7 Å². The Morgan fingerprint density at radius 3 is 2.36 bits per heavy atom. The Morgan fingerprint density at radius 1 is 0.978 bits per heavy atom. The number of halogens is 2. The number of aromatic amines is 1. The molecule has 1 saturated heterocycles. The molecule has 2 aromatic carbocycles. The number of hydrogen-bond donors (Lipinski definition) is 3. The topological polar surface area (TPSA) is 131 Å². The fourth-order valence-corrected chi connectivity index (χ4v) is 8.03. The molecule has 4 heterocycles. The molecule has 0 atom stereocenters. The lowest BCUT2D eigenvalue weighted by Crippen LogP contribution is -2.44. The number of benzene rings is 2. The first kappa shape index (κ1) is 30.8. The van der Waals surface area contributed by atoms with Gasteiger partial charge in [0.25, 0.3) is 11.8 Å². The number of likely N-dealkylation sites (N-methyl/N-ethyl adjacent to an activating group) is 1. The molecule has 0 saturated carbocycles. The Bertz CT molecular complexity index is 1870. The molecule has 1 fully saturated rings. The largest absolute Gasteiger partial charge is 0.369 e. The monoisotopic (exact) mass is 655 g/mol. The van der Waals surface area contributed by atoms with Crippen LogP contribution in [-0.2, 0) is 22.1 Å². The number of rotatable bonds is 7. The minimum absolute atomic E-state index is 0.102. The van der Waals surface area contributed by atoms with Gasteiger partial charge in [0.2, 0.25) is 10.0 Å². The van der Waals surface area contributed by atoms with Crippen LogP contribution in [0.25, 0.3) is 0 Å². The van der Waals surface area contributed by atoms with Crippen molar-refractivity contribution >= 4 is 50.4 Å². The molecular weight excluding hydrogens is 625 g/mol. The summed E-state index contributed by atoms with van der Waals surface area (Å²) in [4.78, 5) is 31.1. The second-order valence-corrected chi connectivity index (χ2v) is 14.3. The molecule has 45 heavy (non-hydrogen) atoms. The average Bonchev–Trinajstić information content (AvgIpc) is 3.72. The first-order valence-electron chi connectivity index (χ1n) is 14.1. The molecule has 2 aliphatic heterocycles. The normalized spacial score (nSPS) is 16.9. The first-order chi connectivity index (χ1) is 21.3. The lowest BCUT2D eigenvalue weighted by atomic mass is 10.0. The van der Waals surface area contributed by atoms with Gasteiger partial charge in [-0.2, -0.15) is 9.40 Å². The summed E-state index contributed by atoms with van der Waals surface area (Å²) in [6.45, 7) is 6.38. The van der Waals surface area contributed by atoms with E-state index in [1.54, 1.807) is 43.5 Å². The van der Waals surface area contributed by atoms with Gasteiger partial charge in [0, 0.05) is 50.0 Å². The van der Waals surface area contributed by atoms with Crippen molar-refractivity contribution in [1.82, 2.24) is 19.4 Å². The van der Waals surface area contributed by atoms with Crippen molar-refractivity contribution in [1.29, 1.82) is 0 Å². The van der Waals surface area contributed by atoms with E-state index in [2.05, 4.69) is 37.7 Å². The van der Waals surface area contributed by atoms with Crippen LogP contribution in [-0.4, -0.2) is 72.9 Å². The molecule has 3 N–H and O–H groups in total. The lowest BCUT2D eigenvalue weighted by molar-refractivity contribution is 0.102. The van der Waals surface area contributed by atoms with Crippen LogP contribution in [0.1, 0.15) is 45.1 Å². The number of amides is 2. The number of fused-ring (bicyclic) bond motifs is 1. The molecule has 11 nitrogen and oxygen atoms in total. The number of carbonyl (C=O) groups is 2. The van der Waals surface area contributed by atoms with Crippen LogP contribution in [0.15, 0.2) is 58.8 Å². The summed E-state index contributed by atoms with van der Waals surface area (Å²) in [5, 5.41) is 14.5. The van der Waals surface area contributed by atoms with Crippen LogP contribution in [0.2, 0.25) is 0 Å². The van der Waals surface area contributed by atoms with Crippen molar-refractivity contribution < 1.29 is 26.8 Å². The molecule has 2 aliphatic rings. The van der Waals surface area contributed by atoms with Gasteiger partial charge in [-0.15, -0.1) is 11.3 Å². The zero-order valence-corrected chi connectivity index (χ0v) is 26.4. The molecule has 0 radical (unpaired) electrons. The Hall–Kier alpha value is -4.18. The Balaban J connectivity index is 1.29. The highest BCUT2D eigenvalue weighted by molar-refractivity contribution is 7.89. The maximum absolute atomic E-state index is 13.9. The van der Waals surface area contributed by atoms with E-state index in [4.69, 9.17) is 0 Å². The minimum atomic E-state index is -4.35. The Kier molecular flexibility index (Phi) is 7.97. The van der Waals surface area contributed by atoms with Crippen molar-refractivity contribution in [3.05, 3.63) is 87.2 Å². The number of aromatic nitrogens is 2. The van der Waals surface area contributed by atoms with Crippen molar-refractivity contribution in [2.75, 3.05) is 48.8 Å². The zero-order chi connectivity index (χ0) is 32.1. The third-order valence-corrected chi connectivity index (χ3v) is 11.0. The van der Waals surface area contributed by atoms with E-state index in [-0.39, 0.29) is 23.8 Å². The van der Waals surface area contributed by atoms with Gasteiger partial charge in [-0.25, -0.2) is 17.2 Å². The van der Waals surface area contributed by atoms with Crippen LogP contribution < -0.4 is 15.5 Å². The van der Waals surface area contributed by atoms with Gasteiger partial charge < -0.3 is 20.4 Å². The van der Waals surface area contributed by atoms with Crippen molar-refractivity contribution in [2.24, 2.45) is 0 Å². The van der Waals surface area contributed by atoms with Gasteiger partial charge in [-0.1, -0.05) is 6.07 Å². The molecule has 4 aromatic rings. The molecule has 0 aliphatic carbocycles. The summed E-state index contributed by atoms with van der Waals surface area (Å²) in [6, 6.07) is 10.8. The summed E-state index contributed by atoms with van der Waals surface area (Å²) in [5.41, 5.74) is 1.01. The lowest BCUT2D eigenvalue weighted by Gasteiger charge is -2.34. The molecular formula is C30H31F2N7O4S2. The molecule has 236 valence electrons. The third-order valence-electron chi connectivity index (χ3n) is 8.17. The van der Waals surface area contributed by atoms with Gasteiger partial charge in [-0.05, 0) is 62.7 Å². The molecule has 2 aromatic heterocycles. The maximum atomic E-state index is 13.9. The second kappa shape index (κ2) is 11.6. The van der Waals surface area contributed by atoms with Gasteiger partial charge in [0.1, 0.15) is 11.6 Å². The SMILES string of the molecule is CN1CCN(c2ccc(C(=O)Nc3n[nH]c4c3CN(S(=O)(=O)c3cc(F)cc(F)c3)C4(C)C)c(NC(=O)c3cccs3)c2)CC1. The predicted octanol–water partition coefficient (Wildman–Crippen LogP) is 4.45. The Labute approximate surface area is 262 Å². The van der Waals surface area contributed by atoms with E-state index < -0.39 is 38.0 Å². The van der Waals surface area contributed by atoms with E-state index in [1.807, 2.05) is 6.07 Å². The average molecular weight is 656 g/mol. The summed E-state index contributed by atoms with van der Waals surface area (Å²) >= 11 is 1.28. The number of sulfonamides is 1. The molecule has 6 rings (SSSR count). The smallest absolute Gasteiger partial charge is 0.265 e. The second-order valence-electron chi connectivity index (χ2n) is 11.5. The van der Waals surface area contributed by atoms with E-state index >= 15 is 0 Å². The molecule has 0 unspecified atom stereocenters. The van der Waals surface area contributed by atoms with E-state index in [0.717, 1.165) is 48.3 Å². The number of thiophene rings is 1. The van der Waals surface area contributed by atoms with Crippen LogP contribution in [0.3, 0.4) is 0 Å². The number of anilines is 3. The van der Waals surface area contributed by atoms with Gasteiger partial charge in [0.05, 0.1) is 32.3 Å². The van der Waals surface area contributed by atoms with Crippen molar-refractivity contribution in [3.8, 4) is 0 Å². The van der Waals surface area contributed by atoms with Crippen LogP contribution in [0, 0.1) is 11.6 Å². The number of H-pyrrole nitrogens is 1. The molecule has 0 bridgehead atoms. The molecule has 0 spiro atoms. The molecule has 15 heteroatoms. The Morgan fingerprint density at radius 2 is 1.69 bits per heavy atom. The van der Waals surface area contributed by atoms with E-state index in [0.29, 0.717) is 27.9 Å². The number of hydrogen-bond acceptors (Lipinski definition) is 8. The van der Waals surface area contributed by atoms with Gasteiger partial charge in [0.15, 0.2) is 5.82 Å². The summed E-state index contributed by atoms with van der Waals surface area (Å²) < 4.78 is 56.0. The third kappa shape index (κ3) is 5.83. The summed E-state index contributed by atoms with van der Waals surface area (Å²) in [5.74, 6) is -2.85. The summed E-state index contributed by atoms with van der Waals surface area (Å²) in [7, 11) is -2.29. The zero-order valence-electron chi connectivity index (χ0n) is 24.7. The first-order valence-corrected chi connectivity index (χ1v) is 16.5. The fourth-order valence-electron chi connectivity index (χ4n) is 5.65. The maximum Gasteiger partial charge on any atom is 0.265 e. The van der Waals surface area contributed by atoms with Crippen LogP contribution >= 0.6 is 11.3 Å². The fraction of sp³-hybridized carbons (Fsp3) is 0.300. The summed E-state index contributed by atoms with van der Waals surface area (Å²) in [6.07, 6.45) is 0. The minimum Gasteiger partial charge on any atom is -0.369 e. The van der Waals surface area contributed by atoms with Crippen molar-refractivity contribution in [2.45, 2.75) is 30.8 Å². The molecule has 2 amide bonds. The van der Waals surface area contributed by atoms with Crippen molar-refractivity contribution in [3.63, 3.8) is 0 Å². The standard InChI is InChI=1S/C30H31F2N7O4S2/c1-30(2)26-23(17-39(30)45(42,43)21-14-18(31)13-19(32)15-21)27(36-35-26)34-28(40)22-7-6-20(38-10-8-37(3)9-11-38)16-24(22)33-29(41)25-5-4-12-44-25/h4-7,12-16H,8-11,17H2,1-3H3,(H,33,41)(H2,34,35,36,40). The quantitative estimate of drug-likeness (QED) is 0.268. The number of carbonyl (C=O) groups excluding carboxylic acids is 2. The highest BCUT2D eigenvalue weighted by atomic mass is 32.2. The highest BCUT2D eigenvalue weighted by Crippen LogP contribution is 2.44. The number of piperazine rings is 1. The van der Waals surface area contributed by atoms with Crippen LogP contribution in [0.4, 0.5) is 26.0 Å².